The van der Waals surface area contributed by atoms with E-state index in [9.17, 15) is 0 Å². The van der Waals surface area contributed by atoms with Crippen molar-refractivity contribution in [3.05, 3.63) is 0 Å². The van der Waals surface area contributed by atoms with Gasteiger partial charge < -0.3 is 0 Å². The maximum atomic E-state index is 3.77. The van der Waals surface area contributed by atoms with Crippen molar-refractivity contribution < 1.29 is 48.2 Å². The molecular weight excluding hydrogens is 210 g/mol. The zero-order valence-electron chi connectivity index (χ0n) is 1.40. The topological polar surface area (TPSA) is 0 Å². The Kier molecular flexibility index (Phi) is 92.8. The van der Waals surface area contributed by atoms with Crippen molar-refractivity contribution in [2.24, 2.45) is 0 Å². The van der Waals surface area contributed by atoms with E-state index in [4.69, 9.17) is 0 Å². The Morgan fingerprint density at radius 2 is 1.25 bits per heavy atom. The van der Waals surface area contributed by atoms with Gasteiger partial charge in [-0.05, 0) is 0 Å². The first-order chi connectivity index (χ1) is 1.00. The van der Waals surface area contributed by atoms with Gasteiger partial charge in [-0.3, -0.25) is 0 Å². The fourth-order valence-electron chi connectivity index (χ4n) is 0. The molecule has 34 valence electrons. The second-order valence-corrected chi connectivity index (χ2v) is 0. The predicted octanol–water partition coefficient (Wildman–Crippen LogP) is 0.641. The molecule has 4 heteroatoms. The molecular formula is CoCuFeS. The number of rotatable bonds is 0. The third-order valence-electron chi connectivity index (χ3n) is 0. The average molecular weight is 210 g/mol. The molecule has 0 aromatic heterocycles. The van der Waals surface area contributed by atoms with Gasteiger partial charge in [0, 0.05) is 33.8 Å². The van der Waals surface area contributed by atoms with Gasteiger partial charge in [0.1, 0.15) is 0 Å². The molecule has 1 radical (unpaired) electrons. The summed E-state index contributed by atoms with van der Waals surface area (Å²) in [5.74, 6) is 0. The van der Waals surface area contributed by atoms with E-state index in [0.29, 0.717) is 0 Å². The molecule has 0 aromatic rings. The van der Waals surface area contributed by atoms with Crippen molar-refractivity contribution in [2.45, 2.75) is 0 Å². The van der Waals surface area contributed by atoms with E-state index in [2.05, 4.69) is 24.9 Å². The van der Waals surface area contributed by atoms with Crippen LogP contribution in [-0.2, 0) is 48.2 Å². The molecule has 0 amide bonds. The van der Waals surface area contributed by atoms with E-state index >= 15 is 0 Å². The Hall–Kier alpha value is 1.77. The van der Waals surface area contributed by atoms with Gasteiger partial charge >= 0.3 is 24.9 Å². The standard InChI is InChI=1S/Co.Cu.Fe.S. The van der Waals surface area contributed by atoms with Crippen LogP contribution in [0.15, 0.2) is 0 Å². The van der Waals surface area contributed by atoms with Crippen molar-refractivity contribution in [1.82, 2.24) is 0 Å². The first-order valence-electron chi connectivity index (χ1n) is 0.123. The van der Waals surface area contributed by atoms with Crippen molar-refractivity contribution in [1.29, 1.82) is 0 Å². The van der Waals surface area contributed by atoms with Crippen LogP contribution in [0.1, 0.15) is 0 Å². The van der Waals surface area contributed by atoms with Crippen LogP contribution in [-0.4, -0.2) is 0 Å². The molecule has 0 heterocycles. The van der Waals surface area contributed by atoms with Gasteiger partial charge in [0.05, 0.1) is 0 Å². The molecule has 0 bridgehead atoms. The van der Waals surface area contributed by atoms with Crippen LogP contribution < -0.4 is 0 Å². The third-order valence-corrected chi connectivity index (χ3v) is 0. The molecule has 0 aliphatic heterocycles. The van der Waals surface area contributed by atoms with Crippen LogP contribution in [0.2, 0.25) is 0 Å². The Morgan fingerprint density at radius 1 is 1.25 bits per heavy atom. The molecule has 0 N–H and O–H groups in total. The van der Waals surface area contributed by atoms with Crippen LogP contribution in [0.4, 0.5) is 0 Å². The van der Waals surface area contributed by atoms with Gasteiger partial charge in [0.2, 0.25) is 0 Å². The molecule has 0 fully saturated rings. The normalized spacial score (nSPS) is 1.50. The van der Waals surface area contributed by atoms with E-state index in [-0.39, 0.29) is 33.8 Å². The van der Waals surface area contributed by atoms with E-state index in [1.54, 1.807) is 0 Å². The summed E-state index contributed by atoms with van der Waals surface area (Å²) in [6.07, 6.45) is 0. The van der Waals surface area contributed by atoms with E-state index in [1.807, 2.05) is 0 Å². The first kappa shape index (κ1) is 17.1. The van der Waals surface area contributed by atoms with Crippen molar-refractivity contribution in [2.75, 3.05) is 0 Å². The van der Waals surface area contributed by atoms with Crippen molar-refractivity contribution >= 4 is 10.6 Å². The van der Waals surface area contributed by atoms with Crippen LogP contribution >= 0.6 is 10.6 Å². The Morgan fingerprint density at radius 3 is 1.25 bits per heavy atom. The second-order valence-electron chi connectivity index (χ2n) is 0. The third kappa shape index (κ3) is 9.24. The van der Waals surface area contributed by atoms with Crippen LogP contribution in [0.5, 0.6) is 0 Å². The van der Waals surface area contributed by atoms with E-state index < -0.39 is 0 Å². The fourth-order valence-corrected chi connectivity index (χ4v) is 0. The first-order valence-corrected chi connectivity index (χ1v) is 1.52. The SMILES string of the molecule is [Co].[Fe].[S]=[Cu]. The van der Waals surface area contributed by atoms with E-state index in [1.165, 1.54) is 0 Å². The predicted molar refractivity (Wildman–Crippen MR) is 7.59 cm³/mol. The van der Waals surface area contributed by atoms with Gasteiger partial charge in [-0.25, -0.2) is 0 Å². The Balaban J connectivity index is -0.00000000500. The molecule has 0 atom stereocenters. The number of hydrogen-bond donors (Lipinski definition) is 0. The van der Waals surface area contributed by atoms with Crippen LogP contribution in [0, 0.1) is 0 Å². The minimum atomic E-state index is 0. The molecule has 0 aliphatic carbocycles. The molecule has 0 aliphatic rings. The van der Waals surface area contributed by atoms with Crippen LogP contribution in [0.3, 0.4) is 0 Å². The Labute approximate surface area is 58.4 Å². The summed E-state index contributed by atoms with van der Waals surface area (Å²) in [5.41, 5.74) is 0. The molecule has 0 spiro atoms. The fraction of sp³-hybridized carbons (Fsp3) is 0. The van der Waals surface area contributed by atoms with Gasteiger partial charge in [-0.15, -0.1) is 0 Å². The van der Waals surface area contributed by atoms with E-state index in [0.717, 1.165) is 0 Å². The average Bonchev–Trinajstić information content (AvgIpc) is 1.00. The van der Waals surface area contributed by atoms with Crippen molar-refractivity contribution in [3.8, 4) is 0 Å². The summed E-state index contributed by atoms with van der Waals surface area (Å²) in [6, 6.07) is 0. The van der Waals surface area contributed by atoms with Crippen LogP contribution in [0.25, 0.3) is 0 Å². The maximum absolute atomic E-state index is 3.77. The summed E-state index contributed by atoms with van der Waals surface area (Å²) < 4.78 is 0. The molecule has 0 unspecified atom stereocenters. The van der Waals surface area contributed by atoms with Gasteiger partial charge in [0.25, 0.3) is 0 Å². The molecule has 0 nitrogen and oxygen atoms in total. The molecule has 0 rings (SSSR count). The Bertz CT molecular complexity index is 8.00. The summed E-state index contributed by atoms with van der Waals surface area (Å²) in [4.78, 5) is 0. The van der Waals surface area contributed by atoms with Crippen molar-refractivity contribution in [3.63, 3.8) is 0 Å². The zero-order chi connectivity index (χ0) is 2.00. The monoisotopic (exact) mass is 210 g/mol. The molecule has 4 heavy (non-hydrogen) atoms. The quantitative estimate of drug-likeness (QED) is 0.529. The summed E-state index contributed by atoms with van der Waals surface area (Å²) >= 11 is 3.77. The second kappa shape index (κ2) is 21.7. The minimum absolute atomic E-state index is 0. The summed E-state index contributed by atoms with van der Waals surface area (Å²) in [6.45, 7) is 0. The van der Waals surface area contributed by atoms with Gasteiger partial charge in [-0.2, -0.15) is 0 Å². The van der Waals surface area contributed by atoms with Gasteiger partial charge in [-0.1, -0.05) is 0 Å². The summed E-state index contributed by atoms with van der Waals surface area (Å²) in [7, 11) is 3.65. The molecule has 0 saturated carbocycles. The molecule has 0 aromatic carbocycles. The number of hydrogen-bond acceptors (Lipinski definition) is 1. The summed E-state index contributed by atoms with van der Waals surface area (Å²) in [5, 5.41) is 0. The molecule has 0 saturated heterocycles. The van der Waals surface area contributed by atoms with Gasteiger partial charge in [0.15, 0.2) is 0 Å². The zero-order valence-corrected chi connectivity index (χ0v) is 5.30.